The number of benzene rings is 3. The minimum absolute atomic E-state index is 0.0120. The van der Waals surface area contributed by atoms with Gasteiger partial charge < -0.3 is 25.3 Å². The predicted molar refractivity (Wildman–Crippen MR) is 166 cm³/mol. The highest BCUT2D eigenvalue weighted by Gasteiger charge is 2.28. The molecule has 2 amide bonds. The molecule has 0 radical (unpaired) electrons. The molecule has 2 fully saturated rings. The summed E-state index contributed by atoms with van der Waals surface area (Å²) in [5, 5.41) is 23.7. The second-order valence-electron chi connectivity index (χ2n) is 12.3. The molecule has 0 unspecified atom stereocenters. The molecule has 43 heavy (non-hydrogen) atoms. The smallest absolute Gasteiger partial charge is 0.258 e. The van der Waals surface area contributed by atoms with Crippen LogP contribution in [0.3, 0.4) is 0 Å². The van der Waals surface area contributed by atoms with Gasteiger partial charge in [0, 0.05) is 77.2 Å². The number of hydrogen-bond acceptors (Lipinski definition) is 7. The highest BCUT2D eigenvalue weighted by Crippen LogP contribution is 2.34. The minimum atomic E-state index is -0.222. The molecule has 3 N–H and O–H groups in total. The van der Waals surface area contributed by atoms with Gasteiger partial charge in [-0.05, 0) is 51.9 Å². The molecule has 3 heterocycles. The van der Waals surface area contributed by atoms with Crippen molar-refractivity contribution in [2.45, 2.75) is 45.9 Å². The number of hydrogen-bond donors (Lipinski definition) is 3. The van der Waals surface area contributed by atoms with Gasteiger partial charge in [0.15, 0.2) is 0 Å². The number of phenolic OH excluding ortho intramolecular Hbond substituents is 2. The van der Waals surface area contributed by atoms with Gasteiger partial charge in [0.05, 0.1) is 12.1 Å². The third-order valence-corrected chi connectivity index (χ3v) is 8.89. The van der Waals surface area contributed by atoms with Gasteiger partial charge in [-0.1, -0.05) is 44.2 Å². The quantitative estimate of drug-likeness (QED) is 0.391. The number of fused-ring (bicyclic) bond motifs is 1. The summed E-state index contributed by atoms with van der Waals surface area (Å²) in [6.45, 7) is 12.6. The standard InChI is InChI=1S/C34H41N5O4/c1-23(2)29-16-30(32(41)17-31(29)40)34(43)38-21-26-6-3-25(15-27(26)22-38)20-37-13-11-36(12-14-37)19-24-4-7-28(8-5-24)39-10-9-35-18-33(39)42/h3-8,15-17,23,35,40-41H,9-14,18-22H2,1-2H3. The molecule has 3 aliphatic rings. The molecule has 9 nitrogen and oxygen atoms in total. The molecule has 0 aromatic heterocycles. The number of aromatic hydroxyl groups is 2. The Morgan fingerprint density at radius 3 is 2.14 bits per heavy atom. The van der Waals surface area contributed by atoms with Crippen LogP contribution in [0.2, 0.25) is 0 Å². The molecule has 6 rings (SSSR count). The van der Waals surface area contributed by atoms with Crippen LogP contribution in [0.4, 0.5) is 5.69 Å². The molecular formula is C34H41N5O4. The Kier molecular flexibility index (Phi) is 8.38. The van der Waals surface area contributed by atoms with Crippen LogP contribution in [-0.2, 0) is 31.0 Å². The van der Waals surface area contributed by atoms with Crippen LogP contribution < -0.4 is 10.2 Å². The highest BCUT2D eigenvalue weighted by atomic mass is 16.3. The van der Waals surface area contributed by atoms with E-state index in [1.165, 1.54) is 17.2 Å². The van der Waals surface area contributed by atoms with Crippen LogP contribution in [-0.4, -0.2) is 82.5 Å². The highest BCUT2D eigenvalue weighted by molar-refractivity contribution is 5.97. The first-order valence-electron chi connectivity index (χ1n) is 15.3. The summed E-state index contributed by atoms with van der Waals surface area (Å²) in [5.41, 5.74) is 6.66. The van der Waals surface area contributed by atoms with Crippen molar-refractivity contribution < 1.29 is 19.8 Å². The third-order valence-electron chi connectivity index (χ3n) is 8.89. The van der Waals surface area contributed by atoms with E-state index in [2.05, 4.69) is 57.6 Å². The fourth-order valence-corrected chi connectivity index (χ4v) is 6.37. The topological polar surface area (TPSA) is 99.6 Å². The number of rotatable bonds is 7. The van der Waals surface area contributed by atoms with Crippen LogP contribution in [0.1, 0.15) is 57.9 Å². The van der Waals surface area contributed by atoms with E-state index in [0.717, 1.165) is 62.6 Å². The van der Waals surface area contributed by atoms with Crippen molar-refractivity contribution in [3.63, 3.8) is 0 Å². The summed E-state index contributed by atoms with van der Waals surface area (Å²) in [7, 11) is 0. The Bertz CT molecular complexity index is 1500. The van der Waals surface area contributed by atoms with Crippen LogP contribution in [0, 0.1) is 0 Å². The number of carbonyl (C=O) groups excluding carboxylic acids is 2. The number of carbonyl (C=O) groups is 2. The van der Waals surface area contributed by atoms with E-state index in [1.54, 1.807) is 11.0 Å². The van der Waals surface area contributed by atoms with Crippen molar-refractivity contribution in [2.24, 2.45) is 0 Å². The van der Waals surface area contributed by atoms with Crippen LogP contribution in [0.5, 0.6) is 11.5 Å². The van der Waals surface area contributed by atoms with Crippen LogP contribution >= 0.6 is 0 Å². The van der Waals surface area contributed by atoms with Gasteiger partial charge in [0.25, 0.3) is 5.91 Å². The van der Waals surface area contributed by atoms with Gasteiger partial charge in [-0.25, -0.2) is 0 Å². The molecule has 3 aromatic carbocycles. The maximum Gasteiger partial charge on any atom is 0.258 e. The van der Waals surface area contributed by atoms with Gasteiger partial charge in [0.1, 0.15) is 11.5 Å². The monoisotopic (exact) mass is 583 g/mol. The number of anilines is 1. The van der Waals surface area contributed by atoms with Crippen molar-refractivity contribution in [1.82, 2.24) is 20.0 Å². The molecule has 0 saturated carbocycles. The Labute approximate surface area is 253 Å². The van der Waals surface area contributed by atoms with E-state index >= 15 is 0 Å². The summed E-state index contributed by atoms with van der Waals surface area (Å²) < 4.78 is 0. The number of amides is 2. The zero-order valence-electron chi connectivity index (χ0n) is 25.1. The molecule has 9 heteroatoms. The Morgan fingerprint density at radius 2 is 1.47 bits per heavy atom. The lowest BCUT2D eigenvalue weighted by Gasteiger charge is -2.35. The molecule has 226 valence electrons. The number of phenols is 2. The minimum Gasteiger partial charge on any atom is -0.508 e. The van der Waals surface area contributed by atoms with E-state index in [0.29, 0.717) is 31.7 Å². The molecule has 0 spiro atoms. The van der Waals surface area contributed by atoms with Gasteiger partial charge in [0.2, 0.25) is 5.91 Å². The van der Waals surface area contributed by atoms with Gasteiger partial charge in [-0.2, -0.15) is 0 Å². The van der Waals surface area contributed by atoms with Crippen molar-refractivity contribution in [3.8, 4) is 11.5 Å². The first-order chi connectivity index (χ1) is 20.7. The summed E-state index contributed by atoms with van der Waals surface area (Å²) in [4.78, 5) is 34.1. The summed E-state index contributed by atoms with van der Waals surface area (Å²) in [6.07, 6.45) is 0. The first kappa shape index (κ1) is 29.2. The lowest BCUT2D eigenvalue weighted by molar-refractivity contribution is -0.118. The second kappa shape index (κ2) is 12.4. The first-order valence-corrected chi connectivity index (χ1v) is 15.3. The Morgan fingerprint density at radius 1 is 0.814 bits per heavy atom. The van der Waals surface area contributed by atoms with E-state index in [4.69, 9.17) is 0 Å². The molecule has 0 aliphatic carbocycles. The molecule has 0 bridgehead atoms. The van der Waals surface area contributed by atoms with Crippen LogP contribution in [0.25, 0.3) is 0 Å². The predicted octanol–water partition coefficient (Wildman–Crippen LogP) is 3.63. The third kappa shape index (κ3) is 6.39. The number of nitrogens with one attached hydrogen (secondary N) is 1. The Hall–Kier alpha value is -3.92. The largest absolute Gasteiger partial charge is 0.508 e. The van der Waals surface area contributed by atoms with E-state index in [9.17, 15) is 19.8 Å². The maximum atomic E-state index is 13.3. The van der Waals surface area contributed by atoms with Crippen molar-refractivity contribution in [2.75, 3.05) is 50.7 Å². The zero-order chi connectivity index (χ0) is 30.1. The lowest BCUT2D eigenvalue weighted by Crippen LogP contribution is -2.48. The number of piperazine rings is 2. The van der Waals surface area contributed by atoms with E-state index < -0.39 is 0 Å². The molecular weight excluding hydrogens is 542 g/mol. The average Bonchev–Trinajstić information content (AvgIpc) is 3.42. The number of nitrogens with zero attached hydrogens (tertiary/aromatic N) is 4. The summed E-state index contributed by atoms with van der Waals surface area (Å²) in [5.74, 6) is -0.238. The molecule has 2 saturated heterocycles. The molecule has 3 aromatic rings. The zero-order valence-corrected chi connectivity index (χ0v) is 25.1. The van der Waals surface area contributed by atoms with Crippen molar-refractivity contribution >= 4 is 17.5 Å². The maximum absolute atomic E-state index is 13.3. The lowest BCUT2D eigenvalue weighted by atomic mass is 9.98. The fraction of sp³-hybridized carbons (Fsp3) is 0.412. The van der Waals surface area contributed by atoms with Crippen molar-refractivity contribution in [1.29, 1.82) is 0 Å². The second-order valence-corrected chi connectivity index (χ2v) is 12.3. The SMILES string of the molecule is CC(C)c1cc(C(=O)N2Cc3ccc(CN4CCN(Cc5ccc(N6CCNCC6=O)cc5)CC4)cc3C2)c(O)cc1O. The summed E-state index contributed by atoms with van der Waals surface area (Å²) >= 11 is 0. The average molecular weight is 584 g/mol. The molecule has 3 aliphatic heterocycles. The van der Waals surface area contributed by atoms with Crippen LogP contribution in [0.15, 0.2) is 54.6 Å². The van der Waals surface area contributed by atoms with E-state index in [1.807, 2.05) is 18.7 Å². The summed E-state index contributed by atoms with van der Waals surface area (Å²) in [6, 6.07) is 17.8. The fourth-order valence-electron chi connectivity index (χ4n) is 6.37. The Balaban J connectivity index is 1.01. The molecule has 0 atom stereocenters. The van der Waals surface area contributed by atoms with Gasteiger partial charge in [-0.15, -0.1) is 0 Å². The van der Waals surface area contributed by atoms with Gasteiger partial charge in [-0.3, -0.25) is 19.4 Å². The van der Waals surface area contributed by atoms with Gasteiger partial charge >= 0.3 is 0 Å². The normalized spacial score (nSPS) is 18.0. The van der Waals surface area contributed by atoms with E-state index in [-0.39, 0.29) is 34.8 Å². The van der Waals surface area contributed by atoms with Crippen molar-refractivity contribution in [3.05, 3.63) is 88.0 Å².